The molecule has 3 heterocycles. The molecule has 5 atom stereocenters. The van der Waals surface area contributed by atoms with E-state index in [1.165, 1.54) is 0 Å². The number of amidine groups is 1. The fraction of sp³-hybridized carbons (Fsp3) is 0.923. The normalized spacial score (nSPS) is 45.5. The highest BCUT2D eigenvalue weighted by Gasteiger charge is 2.50. The van der Waals surface area contributed by atoms with Crippen LogP contribution in [0, 0.1) is 5.92 Å². The third kappa shape index (κ3) is 2.46. The molecule has 0 bridgehead atoms. The summed E-state index contributed by atoms with van der Waals surface area (Å²) >= 11 is 1.71. The maximum absolute atomic E-state index is 10.5. The number of thioether (sulfide) groups is 1. The Bertz CT molecular complexity index is 404. The molecule has 3 aliphatic heterocycles. The first-order valence-electron chi connectivity index (χ1n) is 7.18. The maximum atomic E-state index is 10.5. The van der Waals surface area contributed by atoms with Gasteiger partial charge in [-0.05, 0) is 19.6 Å². The quantitative estimate of drug-likeness (QED) is 0.668. The van der Waals surface area contributed by atoms with Crippen molar-refractivity contribution in [1.82, 2.24) is 10.2 Å². The maximum Gasteiger partial charge on any atom is 0.115 e. The molecular weight excluding hydrogens is 276 g/mol. The zero-order valence-corrected chi connectivity index (χ0v) is 12.9. The van der Waals surface area contributed by atoms with Gasteiger partial charge in [0, 0.05) is 24.6 Å². The molecule has 2 saturated heterocycles. The summed E-state index contributed by atoms with van der Waals surface area (Å²) in [5.41, 5.74) is 5.25. The summed E-state index contributed by atoms with van der Waals surface area (Å²) in [5.74, 6) is 1.85. The SMILES string of the molecule is CSC[C@H]1O[C@@H](N2CCC3C(N)=NCNC32)C[C@]1(C)O. The molecule has 0 amide bonds. The average molecular weight is 300 g/mol. The lowest BCUT2D eigenvalue weighted by Gasteiger charge is -2.34. The van der Waals surface area contributed by atoms with Gasteiger partial charge < -0.3 is 15.6 Å². The number of ether oxygens (including phenoxy) is 1. The molecule has 2 fully saturated rings. The number of fused-ring (bicyclic) bond motifs is 1. The first-order valence-corrected chi connectivity index (χ1v) is 8.58. The van der Waals surface area contributed by atoms with Crippen molar-refractivity contribution < 1.29 is 9.84 Å². The molecule has 0 aliphatic carbocycles. The van der Waals surface area contributed by atoms with Crippen LogP contribution >= 0.6 is 11.8 Å². The molecule has 4 N–H and O–H groups in total. The molecule has 2 unspecified atom stereocenters. The van der Waals surface area contributed by atoms with Gasteiger partial charge in [0.2, 0.25) is 0 Å². The number of nitrogens with zero attached hydrogens (tertiary/aromatic N) is 2. The third-order valence-corrected chi connectivity index (χ3v) is 5.31. The standard InChI is InChI=1S/C13H24N4O2S/c1-13(18)5-10(19-9(13)6-20-2)17-4-3-8-11(14)15-7-16-12(8)17/h8-10,12,16,18H,3-7H2,1-2H3,(H2,14,15)/t8?,9-,10-,12?,13+/m1/s1. The topological polar surface area (TPSA) is 83.1 Å². The third-order valence-electron chi connectivity index (χ3n) is 4.67. The van der Waals surface area contributed by atoms with Crippen LogP contribution in [0.4, 0.5) is 0 Å². The van der Waals surface area contributed by atoms with Gasteiger partial charge in [0.05, 0.1) is 24.5 Å². The summed E-state index contributed by atoms with van der Waals surface area (Å²) in [6, 6.07) is 0. The molecule has 114 valence electrons. The van der Waals surface area contributed by atoms with E-state index in [0.29, 0.717) is 13.1 Å². The molecule has 0 saturated carbocycles. The number of nitrogens with two attached hydrogens (primary N) is 1. The highest BCUT2D eigenvalue weighted by Crippen LogP contribution is 2.37. The van der Waals surface area contributed by atoms with E-state index in [4.69, 9.17) is 10.5 Å². The van der Waals surface area contributed by atoms with E-state index < -0.39 is 5.60 Å². The van der Waals surface area contributed by atoms with Crippen molar-refractivity contribution in [3.05, 3.63) is 0 Å². The van der Waals surface area contributed by atoms with E-state index >= 15 is 0 Å². The fourth-order valence-electron chi connectivity index (χ4n) is 3.49. The lowest BCUT2D eigenvalue weighted by Crippen LogP contribution is -2.54. The van der Waals surface area contributed by atoms with Crippen LogP contribution in [0.3, 0.4) is 0 Å². The van der Waals surface area contributed by atoms with Gasteiger partial charge in [0.25, 0.3) is 0 Å². The molecule has 20 heavy (non-hydrogen) atoms. The van der Waals surface area contributed by atoms with Crippen molar-refractivity contribution >= 4 is 17.6 Å². The molecule has 7 heteroatoms. The van der Waals surface area contributed by atoms with Crippen LogP contribution in [0.15, 0.2) is 4.99 Å². The van der Waals surface area contributed by atoms with Gasteiger partial charge in [-0.25, -0.2) is 0 Å². The Balaban J connectivity index is 1.71. The Morgan fingerprint density at radius 3 is 3.20 bits per heavy atom. The van der Waals surface area contributed by atoms with Crippen LogP contribution in [-0.4, -0.2) is 65.2 Å². The first kappa shape index (κ1) is 14.6. The van der Waals surface area contributed by atoms with Crippen LogP contribution in [0.1, 0.15) is 19.8 Å². The number of aliphatic hydroxyl groups is 1. The largest absolute Gasteiger partial charge is 0.387 e. The van der Waals surface area contributed by atoms with Crippen LogP contribution in [-0.2, 0) is 4.74 Å². The van der Waals surface area contributed by atoms with Gasteiger partial charge in [-0.2, -0.15) is 11.8 Å². The van der Waals surface area contributed by atoms with Crippen molar-refractivity contribution in [1.29, 1.82) is 0 Å². The Hall–Kier alpha value is -0.340. The second-order valence-corrected chi connectivity index (χ2v) is 7.03. The fourth-order valence-corrected chi connectivity index (χ4v) is 4.23. The van der Waals surface area contributed by atoms with E-state index in [9.17, 15) is 5.11 Å². The highest BCUT2D eigenvalue weighted by atomic mass is 32.2. The van der Waals surface area contributed by atoms with E-state index in [1.807, 2.05) is 13.2 Å². The summed E-state index contributed by atoms with van der Waals surface area (Å²) in [5, 5.41) is 13.9. The van der Waals surface area contributed by atoms with Crippen LogP contribution < -0.4 is 11.1 Å². The first-order chi connectivity index (χ1) is 9.53. The van der Waals surface area contributed by atoms with Crippen molar-refractivity contribution in [2.75, 3.05) is 25.2 Å². The molecule has 0 aromatic rings. The van der Waals surface area contributed by atoms with Gasteiger partial charge >= 0.3 is 0 Å². The molecule has 0 aromatic carbocycles. The van der Waals surface area contributed by atoms with E-state index in [0.717, 1.165) is 24.6 Å². The van der Waals surface area contributed by atoms with E-state index in [2.05, 4.69) is 15.2 Å². The molecule has 3 aliphatic rings. The Kier molecular flexibility index (Phi) is 3.98. The number of aliphatic imine (C=N–C) groups is 1. The Morgan fingerprint density at radius 2 is 2.45 bits per heavy atom. The lowest BCUT2D eigenvalue weighted by atomic mass is 9.98. The Labute approximate surface area is 124 Å². The number of hydrogen-bond acceptors (Lipinski definition) is 7. The molecule has 0 radical (unpaired) electrons. The number of hydrogen-bond donors (Lipinski definition) is 3. The summed E-state index contributed by atoms with van der Waals surface area (Å²) in [6.07, 6.45) is 3.76. The summed E-state index contributed by atoms with van der Waals surface area (Å²) in [7, 11) is 0. The van der Waals surface area contributed by atoms with Gasteiger partial charge in [-0.3, -0.25) is 15.2 Å². The summed E-state index contributed by atoms with van der Waals surface area (Å²) < 4.78 is 6.12. The van der Waals surface area contributed by atoms with Crippen LogP contribution in [0.2, 0.25) is 0 Å². The lowest BCUT2D eigenvalue weighted by molar-refractivity contribution is -0.0750. The van der Waals surface area contributed by atoms with E-state index in [1.54, 1.807) is 11.8 Å². The number of rotatable bonds is 3. The zero-order chi connectivity index (χ0) is 14.3. The van der Waals surface area contributed by atoms with Crippen LogP contribution in [0.5, 0.6) is 0 Å². The smallest absolute Gasteiger partial charge is 0.115 e. The number of nitrogens with one attached hydrogen (secondary N) is 1. The van der Waals surface area contributed by atoms with Gasteiger partial charge in [0.15, 0.2) is 0 Å². The van der Waals surface area contributed by atoms with Gasteiger partial charge in [-0.15, -0.1) is 0 Å². The predicted octanol–water partition coefficient (Wildman–Crippen LogP) is -0.219. The zero-order valence-electron chi connectivity index (χ0n) is 12.1. The second kappa shape index (κ2) is 5.46. The average Bonchev–Trinajstić information content (AvgIpc) is 2.93. The minimum atomic E-state index is -0.750. The molecule has 6 nitrogen and oxygen atoms in total. The van der Waals surface area contributed by atoms with Crippen LogP contribution in [0.25, 0.3) is 0 Å². The molecular formula is C13H24N4O2S. The molecule has 0 aromatic heterocycles. The molecule has 3 rings (SSSR count). The van der Waals surface area contributed by atoms with E-state index in [-0.39, 0.29) is 24.4 Å². The van der Waals surface area contributed by atoms with Gasteiger partial charge in [0.1, 0.15) is 12.1 Å². The van der Waals surface area contributed by atoms with Gasteiger partial charge in [-0.1, -0.05) is 0 Å². The predicted molar refractivity (Wildman–Crippen MR) is 80.5 cm³/mol. The second-order valence-electron chi connectivity index (χ2n) is 6.12. The van der Waals surface area contributed by atoms with Crippen molar-refractivity contribution in [3.8, 4) is 0 Å². The highest BCUT2D eigenvalue weighted by molar-refractivity contribution is 7.98. The number of likely N-dealkylation sites (tertiary alicyclic amines) is 1. The van der Waals surface area contributed by atoms with Crippen molar-refractivity contribution in [2.45, 2.75) is 43.9 Å². The van der Waals surface area contributed by atoms with Crippen molar-refractivity contribution in [2.24, 2.45) is 16.6 Å². The minimum absolute atomic E-state index is 0.0319. The summed E-state index contributed by atoms with van der Waals surface area (Å²) in [4.78, 5) is 6.58. The molecule has 0 spiro atoms. The van der Waals surface area contributed by atoms with Crippen molar-refractivity contribution in [3.63, 3.8) is 0 Å². The monoisotopic (exact) mass is 300 g/mol. The summed E-state index contributed by atoms with van der Waals surface area (Å²) in [6.45, 7) is 3.39. The Morgan fingerprint density at radius 1 is 1.65 bits per heavy atom. The minimum Gasteiger partial charge on any atom is -0.387 e.